The molecule has 6 heteroatoms. The molecule has 0 aliphatic rings. The van der Waals surface area contributed by atoms with Gasteiger partial charge in [0.05, 0.1) is 0 Å². The van der Waals surface area contributed by atoms with Crippen LogP contribution < -0.4 is 4.74 Å². The maximum Gasteiger partial charge on any atom is 0.330 e. The van der Waals surface area contributed by atoms with Gasteiger partial charge >= 0.3 is 5.97 Å². The Bertz CT molecular complexity index is 394. The van der Waals surface area contributed by atoms with Gasteiger partial charge in [-0.2, -0.15) is 0 Å². The highest BCUT2D eigenvalue weighted by Crippen LogP contribution is 2.32. The Morgan fingerprint density at radius 1 is 1.47 bits per heavy atom. The molecule has 0 amide bonds. The largest absolute Gasteiger partial charge is 0.425 e. The van der Waals surface area contributed by atoms with Crippen molar-refractivity contribution in [2.45, 2.75) is 16.1 Å². The Balaban J connectivity index is 2.81. The lowest BCUT2D eigenvalue weighted by Gasteiger charge is -2.25. The van der Waals surface area contributed by atoms with Crippen molar-refractivity contribution in [3.05, 3.63) is 29.3 Å². The number of carbonyl (C=O) groups is 1. The van der Waals surface area contributed by atoms with Gasteiger partial charge in [-0.25, -0.2) is 0 Å². The zero-order valence-corrected chi connectivity index (χ0v) is 14.4. The fourth-order valence-electron chi connectivity index (χ4n) is 1.02. The average Bonchev–Trinajstić information content (AvgIpc) is 2.30. The topological polar surface area (TPSA) is 26.3 Å². The van der Waals surface area contributed by atoms with Crippen molar-refractivity contribution in [3.63, 3.8) is 0 Å². The lowest BCUT2D eigenvalue weighted by molar-refractivity contribution is -0.136. The zero-order chi connectivity index (χ0) is 13.1. The number of rotatable bonds is 4. The summed E-state index contributed by atoms with van der Waals surface area (Å²) in [4.78, 5) is 12.0. The minimum absolute atomic E-state index is 0.0748. The molecule has 0 aliphatic heterocycles. The monoisotopic (exact) mass is 446 g/mol. The van der Waals surface area contributed by atoms with Gasteiger partial charge < -0.3 is 4.74 Å². The van der Waals surface area contributed by atoms with Crippen molar-refractivity contribution in [1.29, 1.82) is 0 Å². The van der Waals surface area contributed by atoms with E-state index in [2.05, 4.69) is 47.8 Å². The molecule has 0 spiro atoms. The second kappa shape index (κ2) is 6.55. The van der Waals surface area contributed by atoms with E-state index < -0.39 is 4.32 Å². The maximum atomic E-state index is 12.0. The van der Waals surface area contributed by atoms with Crippen LogP contribution in [0.5, 0.6) is 5.75 Å². The average molecular weight is 449 g/mol. The van der Waals surface area contributed by atoms with Gasteiger partial charge in [0.15, 0.2) is 0 Å². The van der Waals surface area contributed by atoms with Crippen molar-refractivity contribution in [2.75, 3.05) is 5.33 Å². The number of halogens is 4. The molecule has 17 heavy (non-hydrogen) atoms. The molecule has 0 aliphatic carbocycles. The van der Waals surface area contributed by atoms with Crippen LogP contribution in [0.1, 0.15) is 6.92 Å². The Labute approximate surface area is 130 Å². The summed E-state index contributed by atoms with van der Waals surface area (Å²) in [5, 5.41) is 1.04. The van der Waals surface area contributed by atoms with Crippen LogP contribution in [0, 0.1) is 0 Å². The number of hydrogen-bond donors (Lipinski definition) is 0. The smallest absolute Gasteiger partial charge is 0.330 e. The van der Waals surface area contributed by atoms with E-state index in [1.54, 1.807) is 24.3 Å². The van der Waals surface area contributed by atoms with Crippen LogP contribution in [-0.2, 0) is 4.79 Å². The standard InChI is InChI=1S/C11H10Br3ClO2/c1-7(13)11(14,6-12)10(16)17-9-4-2-8(15)3-5-9/h2-5,7H,6H2,1H3. The van der Waals surface area contributed by atoms with Crippen molar-refractivity contribution >= 4 is 65.4 Å². The van der Waals surface area contributed by atoms with Crippen LogP contribution in [0.2, 0.25) is 5.02 Å². The fourth-order valence-corrected chi connectivity index (χ4v) is 2.72. The minimum Gasteiger partial charge on any atom is -0.425 e. The van der Waals surface area contributed by atoms with E-state index in [-0.39, 0.29) is 10.8 Å². The molecule has 1 rings (SSSR count). The third-order valence-electron chi connectivity index (χ3n) is 2.19. The van der Waals surface area contributed by atoms with Crippen LogP contribution >= 0.6 is 59.4 Å². The van der Waals surface area contributed by atoms with E-state index in [9.17, 15) is 4.79 Å². The molecule has 2 nitrogen and oxygen atoms in total. The lowest BCUT2D eigenvalue weighted by atomic mass is 10.1. The van der Waals surface area contributed by atoms with Crippen LogP contribution in [0.25, 0.3) is 0 Å². The molecule has 2 unspecified atom stereocenters. The van der Waals surface area contributed by atoms with Crippen molar-refractivity contribution < 1.29 is 9.53 Å². The SMILES string of the molecule is CC(Br)C(Br)(CBr)C(=O)Oc1ccc(Cl)cc1. The number of alkyl halides is 3. The molecule has 1 aromatic carbocycles. The normalized spacial score (nSPS) is 16.1. The molecule has 0 saturated heterocycles. The summed E-state index contributed by atoms with van der Waals surface area (Å²) >= 11 is 15.8. The van der Waals surface area contributed by atoms with Gasteiger partial charge in [0, 0.05) is 15.2 Å². The second-order valence-electron chi connectivity index (χ2n) is 3.46. The van der Waals surface area contributed by atoms with Crippen LogP contribution in [0.15, 0.2) is 24.3 Å². The van der Waals surface area contributed by atoms with Gasteiger partial charge in [-0.3, -0.25) is 4.79 Å². The van der Waals surface area contributed by atoms with Crippen LogP contribution in [-0.4, -0.2) is 20.5 Å². The van der Waals surface area contributed by atoms with Gasteiger partial charge in [0.25, 0.3) is 0 Å². The highest BCUT2D eigenvalue weighted by Gasteiger charge is 2.41. The molecule has 0 heterocycles. The number of ether oxygens (including phenoxy) is 1. The molecule has 2 atom stereocenters. The Kier molecular flexibility index (Phi) is 5.96. The van der Waals surface area contributed by atoms with Crippen molar-refractivity contribution in [1.82, 2.24) is 0 Å². The van der Waals surface area contributed by atoms with E-state index in [0.717, 1.165) is 0 Å². The van der Waals surface area contributed by atoms with Crippen LogP contribution in [0.4, 0.5) is 0 Å². The molecule has 0 aromatic heterocycles. The minimum atomic E-state index is -0.799. The predicted octanol–water partition coefficient (Wildman–Crippen LogP) is 4.56. The first kappa shape index (κ1) is 15.5. The molecular weight excluding hydrogens is 439 g/mol. The number of esters is 1. The summed E-state index contributed by atoms with van der Waals surface area (Å²) in [6, 6.07) is 6.65. The first-order chi connectivity index (χ1) is 7.90. The summed E-state index contributed by atoms with van der Waals surface area (Å²) in [7, 11) is 0. The van der Waals surface area contributed by atoms with Gasteiger partial charge in [-0.1, -0.05) is 66.3 Å². The first-order valence-electron chi connectivity index (χ1n) is 4.77. The Morgan fingerprint density at radius 2 is 2.00 bits per heavy atom. The molecule has 0 radical (unpaired) electrons. The first-order valence-corrected chi connectivity index (χ1v) is 7.97. The number of carbonyl (C=O) groups excluding carboxylic acids is 1. The highest BCUT2D eigenvalue weighted by molar-refractivity contribution is 9.14. The molecule has 0 N–H and O–H groups in total. The highest BCUT2D eigenvalue weighted by atomic mass is 79.9. The molecule has 0 fully saturated rings. The molecule has 0 saturated carbocycles. The third kappa shape index (κ3) is 3.94. The lowest BCUT2D eigenvalue weighted by Crippen LogP contribution is -2.44. The summed E-state index contributed by atoms with van der Waals surface area (Å²) in [6.07, 6.45) is 0. The van der Waals surface area contributed by atoms with Gasteiger partial charge in [-0.05, 0) is 24.3 Å². The number of hydrogen-bond acceptors (Lipinski definition) is 2. The summed E-state index contributed by atoms with van der Waals surface area (Å²) in [5.41, 5.74) is 0. The van der Waals surface area contributed by atoms with E-state index in [1.165, 1.54) is 0 Å². The molecule has 94 valence electrons. The summed E-state index contributed by atoms with van der Waals surface area (Å²) in [5.74, 6) is 0.110. The fraction of sp³-hybridized carbons (Fsp3) is 0.364. The zero-order valence-electron chi connectivity index (χ0n) is 8.92. The Hall–Kier alpha value is 0.420. The number of benzene rings is 1. The van der Waals surface area contributed by atoms with Gasteiger partial charge in [-0.15, -0.1) is 0 Å². The van der Waals surface area contributed by atoms with Crippen molar-refractivity contribution in [3.8, 4) is 5.75 Å². The second-order valence-corrected chi connectivity index (χ2v) is 7.24. The molecular formula is C11H10Br3ClO2. The van der Waals surface area contributed by atoms with Gasteiger partial charge in [0.2, 0.25) is 0 Å². The summed E-state index contributed by atoms with van der Waals surface area (Å²) in [6.45, 7) is 1.87. The Morgan fingerprint density at radius 3 is 2.41 bits per heavy atom. The van der Waals surface area contributed by atoms with Crippen LogP contribution in [0.3, 0.4) is 0 Å². The van der Waals surface area contributed by atoms with Crippen molar-refractivity contribution in [2.24, 2.45) is 0 Å². The van der Waals surface area contributed by atoms with E-state index in [0.29, 0.717) is 16.1 Å². The van der Waals surface area contributed by atoms with Gasteiger partial charge in [0.1, 0.15) is 10.1 Å². The quantitative estimate of drug-likeness (QED) is 0.383. The van der Waals surface area contributed by atoms with E-state index in [4.69, 9.17) is 16.3 Å². The molecule has 0 bridgehead atoms. The van der Waals surface area contributed by atoms with E-state index in [1.807, 2.05) is 6.92 Å². The third-order valence-corrected chi connectivity index (χ3v) is 6.76. The summed E-state index contributed by atoms with van der Waals surface area (Å²) < 4.78 is 4.48. The van der Waals surface area contributed by atoms with E-state index >= 15 is 0 Å². The predicted molar refractivity (Wildman–Crippen MR) is 80.9 cm³/mol. The maximum absolute atomic E-state index is 12.0. The molecule has 1 aromatic rings.